The van der Waals surface area contributed by atoms with Gasteiger partial charge in [-0.2, -0.15) is 5.10 Å². The third-order valence-electron chi connectivity index (χ3n) is 7.44. The van der Waals surface area contributed by atoms with E-state index in [4.69, 9.17) is 11.6 Å². The van der Waals surface area contributed by atoms with E-state index in [-0.39, 0.29) is 0 Å². The van der Waals surface area contributed by atoms with E-state index < -0.39 is 0 Å². The van der Waals surface area contributed by atoms with Crippen molar-refractivity contribution < 1.29 is 0 Å². The summed E-state index contributed by atoms with van der Waals surface area (Å²) in [4.78, 5) is 6.23. The lowest BCUT2D eigenvalue weighted by Gasteiger charge is -2.31. The van der Waals surface area contributed by atoms with Crippen molar-refractivity contribution in [3.05, 3.63) is 82.7 Å². The van der Waals surface area contributed by atoms with Gasteiger partial charge in [0.05, 0.1) is 17.1 Å². The molecule has 7 nitrogen and oxygen atoms in total. The van der Waals surface area contributed by atoms with Crippen LogP contribution in [0.15, 0.2) is 60.2 Å². The van der Waals surface area contributed by atoms with Crippen LogP contribution in [-0.2, 0) is 13.6 Å². The van der Waals surface area contributed by atoms with Gasteiger partial charge >= 0.3 is 0 Å². The number of hydrazine groups is 1. The van der Waals surface area contributed by atoms with Crippen LogP contribution in [0.25, 0.3) is 16.5 Å². The van der Waals surface area contributed by atoms with Crippen molar-refractivity contribution >= 4 is 16.5 Å². The highest BCUT2D eigenvalue weighted by Gasteiger charge is 2.24. The molecule has 1 fully saturated rings. The van der Waals surface area contributed by atoms with Crippen molar-refractivity contribution in [3.63, 3.8) is 0 Å². The lowest BCUT2D eigenvalue weighted by atomic mass is 9.87. The van der Waals surface area contributed by atoms with Gasteiger partial charge in [0.2, 0.25) is 0 Å². The number of aromatic amines is 1. The second-order valence-electron chi connectivity index (χ2n) is 10.3. The summed E-state index contributed by atoms with van der Waals surface area (Å²) in [6.45, 7) is 9.69. The highest BCUT2D eigenvalue weighted by atomic mass is 15.4. The summed E-state index contributed by atoms with van der Waals surface area (Å²) in [7, 11) is 1.98. The topological polar surface area (TPSA) is 92.1 Å². The molecular formula is C28H37N7. The maximum Gasteiger partial charge on any atom is 0.0764 e. The smallest absolute Gasteiger partial charge is 0.0764 e. The molecule has 1 aromatic carbocycles. The molecule has 2 aliphatic heterocycles. The molecule has 2 aliphatic rings. The first kappa shape index (κ1) is 23.5. The summed E-state index contributed by atoms with van der Waals surface area (Å²) >= 11 is 0. The van der Waals surface area contributed by atoms with Gasteiger partial charge in [0.15, 0.2) is 0 Å². The number of aryl methyl sites for hydroxylation is 1. The number of fused-ring (bicyclic) bond motifs is 1. The molecule has 0 atom stereocenters. The molecule has 2 aromatic heterocycles. The minimum Gasteiger partial charge on any atom is -0.403 e. The summed E-state index contributed by atoms with van der Waals surface area (Å²) in [5.74, 6) is 7.13. The van der Waals surface area contributed by atoms with Crippen molar-refractivity contribution in [1.82, 2.24) is 24.7 Å². The number of hydrogen-bond acceptors (Lipinski definition) is 5. The number of likely N-dealkylation sites (tertiary alicyclic amines) is 1. The van der Waals surface area contributed by atoms with Gasteiger partial charge in [-0.1, -0.05) is 19.9 Å². The fourth-order valence-electron chi connectivity index (χ4n) is 5.55. The molecule has 0 aliphatic carbocycles. The largest absolute Gasteiger partial charge is 0.403 e. The summed E-state index contributed by atoms with van der Waals surface area (Å²) in [6.07, 6.45) is 10.1. The van der Waals surface area contributed by atoms with E-state index in [2.05, 4.69) is 65.2 Å². The summed E-state index contributed by atoms with van der Waals surface area (Å²) in [5, 5.41) is 7.49. The van der Waals surface area contributed by atoms with Gasteiger partial charge < -0.3 is 10.7 Å². The fraction of sp³-hybridized carbons (Fsp3) is 0.393. The number of nitrogens with one attached hydrogen (secondary N) is 1. The Labute approximate surface area is 207 Å². The minimum atomic E-state index is 0.380. The molecule has 184 valence electrons. The normalized spacial score (nSPS) is 19.1. The second-order valence-corrected chi connectivity index (χ2v) is 10.3. The highest BCUT2D eigenvalue weighted by Crippen LogP contribution is 2.38. The first-order valence-corrected chi connectivity index (χ1v) is 12.6. The number of rotatable bonds is 5. The highest BCUT2D eigenvalue weighted by molar-refractivity contribution is 5.93. The maximum atomic E-state index is 6.16. The van der Waals surface area contributed by atoms with E-state index in [1.807, 2.05) is 24.9 Å². The summed E-state index contributed by atoms with van der Waals surface area (Å²) in [5.41, 5.74) is 15.0. The van der Waals surface area contributed by atoms with Crippen LogP contribution in [0.5, 0.6) is 0 Å². The average molecular weight is 472 g/mol. The van der Waals surface area contributed by atoms with Gasteiger partial charge in [-0.25, -0.2) is 5.84 Å². The van der Waals surface area contributed by atoms with Crippen molar-refractivity contribution in [2.45, 2.75) is 52.0 Å². The number of benzene rings is 1. The van der Waals surface area contributed by atoms with Gasteiger partial charge in [-0.05, 0) is 86.2 Å². The van der Waals surface area contributed by atoms with Crippen LogP contribution in [0.4, 0.5) is 0 Å². The molecule has 0 amide bonds. The molecule has 5 rings (SSSR count). The van der Waals surface area contributed by atoms with E-state index in [1.54, 1.807) is 11.2 Å². The Morgan fingerprint density at radius 3 is 2.60 bits per heavy atom. The van der Waals surface area contributed by atoms with Crippen LogP contribution in [0.2, 0.25) is 0 Å². The van der Waals surface area contributed by atoms with E-state index in [9.17, 15) is 0 Å². The zero-order valence-corrected chi connectivity index (χ0v) is 21.3. The summed E-state index contributed by atoms with van der Waals surface area (Å²) in [6, 6.07) is 9.12. The molecule has 3 aromatic rings. The van der Waals surface area contributed by atoms with E-state index in [0.29, 0.717) is 11.8 Å². The Morgan fingerprint density at radius 2 is 1.94 bits per heavy atom. The predicted octanol–water partition coefficient (Wildman–Crippen LogP) is 4.68. The fourth-order valence-corrected chi connectivity index (χ4v) is 5.55. The first-order chi connectivity index (χ1) is 16.8. The lowest BCUT2D eigenvalue weighted by molar-refractivity contribution is 0.202. The van der Waals surface area contributed by atoms with Crippen LogP contribution in [-0.4, -0.2) is 37.8 Å². The Kier molecular flexibility index (Phi) is 6.30. The molecule has 5 N–H and O–H groups in total. The van der Waals surface area contributed by atoms with Crippen LogP contribution < -0.4 is 11.6 Å². The van der Waals surface area contributed by atoms with E-state index in [1.165, 1.54) is 34.9 Å². The lowest BCUT2D eigenvalue weighted by Crippen LogP contribution is -2.32. The number of H-pyrrole nitrogens is 1. The number of allylic oxidation sites excluding steroid dienone is 4. The number of nitrogens with zero attached hydrogens (tertiary/aromatic N) is 4. The van der Waals surface area contributed by atoms with E-state index in [0.717, 1.165) is 48.0 Å². The van der Waals surface area contributed by atoms with Gasteiger partial charge in [0.25, 0.3) is 0 Å². The van der Waals surface area contributed by atoms with Crippen LogP contribution in [0.3, 0.4) is 0 Å². The third-order valence-corrected chi connectivity index (χ3v) is 7.44. The number of hydrogen-bond donors (Lipinski definition) is 3. The predicted molar refractivity (Wildman–Crippen MR) is 143 cm³/mol. The first-order valence-electron chi connectivity index (χ1n) is 12.6. The van der Waals surface area contributed by atoms with Gasteiger partial charge in [-0.15, -0.1) is 0 Å². The maximum absolute atomic E-state index is 6.16. The number of piperidine rings is 1. The monoisotopic (exact) mass is 471 g/mol. The van der Waals surface area contributed by atoms with Gasteiger partial charge in [0.1, 0.15) is 0 Å². The summed E-state index contributed by atoms with van der Waals surface area (Å²) < 4.78 is 1.88. The third kappa shape index (κ3) is 4.54. The zero-order chi connectivity index (χ0) is 24.7. The minimum absolute atomic E-state index is 0.380. The van der Waals surface area contributed by atoms with Gasteiger partial charge in [-0.3, -0.25) is 14.6 Å². The van der Waals surface area contributed by atoms with Crippen LogP contribution >= 0.6 is 0 Å². The Balaban J connectivity index is 1.41. The molecule has 0 saturated carbocycles. The molecular weight excluding hydrogens is 434 g/mol. The van der Waals surface area contributed by atoms with Gasteiger partial charge in [0, 0.05) is 48.2 Å². The van der Waals surface area contributed by atoms with Crippen molar-refractivity contribution in [3.8, 4) is 0 Å². The quantitative estimate of drug-likeness (QED) is 0.470. The Hall–Kier alpha value is -3.29. The number of nitrogens with two attached hydrogens (primary N) is 2. The molecule has 0 spiro atoms. The van der Waals surface area contributed by atoms with E-state index >= 15 is 0 Å². The molecule has 4 heterocycles. The van der Waals surface area contributed by atoms with Crippen LogP contribution in [0.1, 0.15) is 68.0 Å². The molecule has 7 heteroatoms. The van der Waals surface area contributed by atoms with Crippen molar-refractivity contribution in [2.24, 2.45) is 18.6 Å². The molecule has 0 unspecified atom stereocenters. The standard InChI is InChI=1S/C28H37N7/c1-18(2)27-25-15-21(20-7-11-34(12-8-20)17-23-9-10-33(4)32-23)5-6-26(25)31-28(27)22-13-19(3)35(30)24(14-22)16-29/h5-6,9-10,13-16,18,20,31H,7-8,11-12,17,29-30H2,1-4H3/b24-16-. The van der Waals surface area contributed by atoms with Crippen molar-refractivity contribution in [1.29, 1.82) is 0 Å². The molecule has 0 radical (unpaired) electrons. The Morgan fingerprint density at radius 1 is 1.17 bits per heavy atom. The Bertz CT molecular complexity index is 1310. The molecule has 0 bridgehead atoms. The SMILES string of the molecule is CC1=CC(c2[nH]c3ccc(C4CCN(Cc5ccn(C)n5)CC4)cc3c2C(C)C)=C/C(=C/N)N1N. The number of aromatic nitrogens is 3. The molecule has 1 saturated heterocycles. The van der Waals surface area contributed by atoms with Crippen LogP contribution in [0, 0.1) is 0 Å². The molecule has 35 heavy (non-hydrogen) atoms. The van der Waals surface area contributed by atoms with Crippen molar-refractivity contribution in [2.75, 3.05) is 13.1 Å². The second kappa shape index (κ2) is 9.40. The zero-order valence-electron chi connectivity index (χ0n) is 21.3. The average Bonchev–Trinajstić information content (AvgIpc) is 3.43.